The number of alkyl carbamates (subject to hydrolysis) is 1. The lowest BCUT2D eigenvalue weighted by molar-refractivity contribution is 0.111. The lowest BCUT2D eigenvalue weighted by Crippen LogP contribution is -2.35. The molecule has 0 heterocycles. The molecule has 0 aromatic carbocycles. The largest absolute Gasteiger partial charge is 0.447 e. The summed E-state index contributed by atoms with van der Waals surface area (Å²) in [5.41, 5.74) is -0.00126. The molecule has 1 amide bonds. The fourth-order valence-electron chi connectivity index (χ4n) is 1.21. The molecule has 4 heteroatoms. The average molecular weight is 217 g/mol. The summed E-state index contributed by atoms with van der Waals surface area (Å²) in [5.74, 6) is 0. The molecule has 0 aliphatic carbocycles. The Kier molecular flexibility index (Phi) is 6.32. The van der Waals surface area contributed by atoms with E-state index in [0.29, 0.717) is 6.54 Å². The summed E-state index contributed by atoms with van der Waals surface area (Å²) in [6, 6.07) is 0. The summed E-state index contributed by atoms with van der Waals surface area (Å²) in [7, 11) is 0. The third-order valence-electron chi connectivity index (χ3n) is 2.07. The van der Waals surface area contributed by atoms with Crippen molar-refractivity contribution >= 4 is 6.09 Å². The summed E-state index contributed by atoms with van der Waals surface area (Å²) in [6.07, 6.45) is 1.17. The van der Waals surface area contributed by atoms with Gasteiger partial charge < -0.3 is 15.2 Å². The van der Waals surface area contributed by atoms with E-state index in [-0.39, 0.29) is 24.2 Å². The Morgan fingerprint density at radius 3 is 2.53 bits per heavy atom. The number of carbonyl (C=O) groups is 1. The van der Waals surface area contributed by atoms with Gasteiger partial charge in [0.2, 0.25) is 0 Å². The van der Waals surface area contributed by atoms with Crippen LogP contribution in [0, 0.1) is 5.41 Å². The van der Waals surface area contributed by atoms with Crippen molar-refractivity contribution in [2.24, 2.45) is 5.41 Å². The van der Waals surface area contributed by atoms with Gasteiger partial charge in [-0.25, -0.2) is 4.79 Å². The number of nitrogens with one attached hydrogen (secondary N) is 1. The highest BCUT2D eigenvalue weighted by molar-refractivity contribution is 5.67. The lowest BCUT2D eigenvalue weighted by atomic mass is 9.88. The quantitative estimate of drug-likeness (QED) is 0.714. The molecule has 0 rings (SSSR count). The van der Waals surface area contributed by atoms with Gasteiger partial charge in [-0.2, -0.15) is 0 Å². The zero-order valence-corrected chi connectivity index (χ0v) is 10.2. The van der Waals surface area contributed by atoms with E-state index in [2.05, 4.69) is 19.2 Å². The van der Waals surface area contributed by atoms with Crippen LogP contribution in [0.1, 0.15) is 40.5 Å². The van der Waals surface area contributed by atoms with Crippen molar-refractivity contribution in [3.8, 4) is 0 Å². The molecule has 0 saturated carbocycles. The standard InChI is InChI=1S/C11H23NO3/c1-9(2)15-10(14)12-8-11(3,4)6-5-7-13/h9,13H,5-8H2,1-4H3,(H,12,14). The van der Waals surface area contributed by atoms with Gasteiger partial charge in [0.1, 0.15) is 0 Å². The second kappa shape index (κ2) is 6.67. The number of hydrogen-bond acceptors (Lipinski definition) is 3. The predicted octanol–water partition coefficient (Wildman–Crippen LogP) is 1.92. The van der Waals surface area contributed by atoms with Crippen LogP contribution in [0.4, 0.5) is 4.79 Å². The first-order valence-corrected chi connectivity index (χ1v) is 5.43. The van der Waals surface area contributed by atoms with Gasteiger partial charge in [-0.1, -0.05) is 13.8 Å². The average Bonchev–Trinajstić information content (AvgIpc) is 2.11. The fourth-order valence-corrected chi connectivity index (χ4v) is 1.21. The molecule has 0 aliphatic heterocycles. The van der Waals surface area contributed by atoms with Crippen molar-refractivity contribution in [2.45, 2.75) is 46.6 Å². The molecule has 0 aromatic heterocycles. The van der Waals surface area contributed by atoms with Crippen LogP contribution in [0.15, 0.2) is 0 Å². The van der Waals surface area contributed by atoms with Crippen LogP contribution in [0.3, 0.4) is 0 Å². The van der Waals surface area contributed by atoms with E-state index in [1.807, 2.05) is 13.8 Å². The maximum Gasteiger partial charge on any atom is 0.407 e. The monoisotopic (exact) mass is 217 g/mol. The SMILES string of the molecule is CC(C)OC(=O)NCC(C)(C)CCCO. The number of amides is 1. The van der Waals surface area contributed by atoms with Crippen LogP contribution in [0.5, 0.6) is 0 Å². The van der Waals surface area contributed by atoms with Gasteiger partial charge in [0.15, 0.2) is 0 Å². The molecule has 0 spiro atoms. The molecular formula is C11H23NO3. The second-order valence-electron chi connectivity index (χ2n) is 4.80. The Hall–Kier alpha value is -0.770. The van der Waals surface area contributed by atoms with Crippen LogP contribution < -0.4 is 5.32 Å². The Balaban J connectivity index is 3.77. The van der Waals surface area contributed by atoms with Crippen molar-refractivity contribution in [2.75, 3.05) is 13.2 Å². The van der Waals surface area contributed by atoms with E-state index in [9.17, 15) is 4.79 Å². The molecule has 0 aliphatic rings. The molecule has 0 bridgehead atoms. The Morgan fingerprint density at radius 1 is 1.47 bits per heavy atom. The van der Waals surface area contributed by atoms with Crippen molar-refractivity contribution < 1.29 is 14.6 Å². The molecule has 0 saturated heterocycles. The molecule has 0 atom stereocenters. The molecule has 0 radical (unpaired) electrons. The first-order chi connectivity index (χ1) is 6.87. The first-order valence-electron chi connectivity index (χ1n) is 5.43. The number of aliphatic hydroxyl groups excluding tert-OH is 1. The van der Waals surface area contributed by atoms with Crippen LogP contribution in [-0.2, 0) is 4.74 Å². The first kappa shape index (κ1) is 14.2. The molecule has 4 nitrogen and oxygen atoms in total. The van der Waals surface area contributed by atoms with Gasteiger partial charge in [-0.05, 0) is 32.1 Å². The maximum atomic E-state index is 11.2. The molecule has 0 fully saturated rings. The third-order valence-corrected chi connectivity index (χ3v) is 2.07. The van der Waals surface area contributed by atoms with Crippen molar-refractivity contribution in [3.63, 3.8) is 0 Å². The molecule has 90 valence electrons. The molecule has 0 aromatic rings. The fraction of sp³-hybridized carbons (Fsp3) is 0.909. The third kappa shape index (κ3) is 8.24. The van der Waals surface area contributed by atoms with E-state index in [4.69, 9.17) is 9.84 Å². The summed E-state index contributed by atoms with van der Waals surface area (Å²) in [5, 5.41) is 11.4. The van der Waals surface area contributed by atoms with Crippen molar-refractivity contribution in [1.29, 1.82) is 0 Å². The topological polar surface area (TPSA) is 58.6 Å². The smallest absolute Gasteiger partial charge is 0.407 e. The van der Waals surface area contributed by atoms with Crippen molar-refractivity contribution in [1.82, 2.24) is 5.32 Å². The Bertz CT molecular complexity index is 190. The van der Waals surface area contributed by atoms with E-state index in [1.54, 1.807) is 0 Å². The van der Waals surface area contributed by atoms with Crippen LogP contribution >= 0.6 is 0 Å². The number of rotatable bonds is 6. The second-order valence-corrected chi connectivity index (χ2v) is 4.80. The van der Waals surface area contributed by atoms with Gasteiger partial charge in [-0.15, -0.1) is 0 Å². The lowest BCUT2D eigenvalue weighted by Gasteiger charge is -2.24. The van der Waals surface area contributed by atoms with Gasteiger partial charge >= 0.3 is 6.09 Å². The minimum absolute atomic E-state index is 0.00126. The molecule has 15 heavy (non-hydrogen) atoms. The molecular weight excluding hydrogens is 194 g/mol. The normalized spacial score (nSPS) is 11.6. The maximum absolute atomic E-state index is 11.2. The van der Waals surface area contributed by atoms with Gasteiger partial charge in [0, 0.05) is 13.2 Å². The number of aliphatic hydroxyl groups is 1. The van der Waals surface area contributed by atoms with Crippen molar-refractivity contribution in [3.05, 3.63) is 0 Å². The number of hydrogen-bond donors (Lipinski definition) is 2. The summed E-state index contributed by atoms with van der Waals surface area (Å²) in [6.45, 7) is 8.50. The van der Waals surface area contributed by atoms with Crippen LogP contribution in [-0.4, -0.2) is 30.5 Å². The zero-order chi connectivity index (χ0) is 11.9. The summed E-state index contributed by atoms with van der Waals surface area (Å²) in [4.78, 5) is 11.2. The zero-order valence-electron chi connectivity index (χ0n) is 10.2. The number of carbonyl (C=O) groups excluding carboxylic acids is 1. The van der Waals surface area contributed by atoms with E-state index in [0.717, 1.165) is 12.8 Å². The minimum atomic E-state index is -0.373. The van der Waals surface area contributed by atoms with E-state index < -0.39 is 0 Å². The van der Waals surface area contributed by atoms with Crippen LogP contribution in [0.25, 0.3) is 0 Å². The Morgan fingerprint density at radius 2 is 2.07 bits per heavy atom. The van der Waals surface area contributed by atoms with E-state index >= 15 is 0 Å². The van der Waals surface area contributed by atoms with Crippen LogP contribution in [0.2, 0.25) is 0 Å². The van der Waals surface area contributed by atoms with Gasteiger partial charge in [0.25, 0.3) is 0 Å². The minimum Gasteiger partial charge on any atom is -0.447 e. The molecule has 2 N–H and O–H groups in total. The highest BCUT2D eigenvalue weighted by Crippen LogP contribution is 2.20. The Labute approximate surface area is 92.0 Å². The van der Waals surface area contributed by atoms with E-state index in [1.165, 1.54) is 0 Å². The number of ether oxygens (including phenoxy) is 1. The summed E-state index contributed by atoms with van der Waals surface area (Å²) >= 11 is 0. The van der Waals surface area contributed by atoms with Gasteiger partial charge in [0.05, 0.1) is 6.10 Å². The molecule has 0 unspecified atom stereocenters. The van der Waals surface area contributed by atoms with Gasteiger partial charge in [-0.3, -0.25) is 0 Å². The predicted molar refractivity (Wildman–Crippen MR) is 59.7 cm³/mol. The summed E-state index contributed by atoms with van der Waals surface area (Å²) < 4.78 is 4.95. The highest BCUT2D eigenvalue weighted by atomic mass is 16.6. The highest BCUT2D eigenvalue weighted by Gasteiger charge is 2.18.